The van der Waals surface area contributed by atoms with Crippen molar-refractivity contribution < 1.29 is 4.79 Å². The maximum absolute atomic E-state index is 12.0. The standard InChI is InChI=1S/C19H22Cl2N2OS/c20-14-9-8-13(12-15(14)21)4-3-7-18(24)22-11-10-19-23-16-5-1-2-6-17(16)25-19/h8-9,12H,1-7,10-11H2,(H,22,24). The Labute approximate surface area is 162 Å². The number of benzene rings is 1. The minimum atomic E-state index is 0.0985. The first kappa shape index (κ1) is 18.7. The summed E-state index contributed by atoms with van der Waals surface area (Å²) in [5, 5.41) is 5.28. The third-order valence-corrected chi connectivity index (χ3v) is 6.36. The van der Waals surface area contributed by atoms with Gasteiger partial charge in [-0.3, -0.25) is 4.79 Å². The highest BCUT2D eigenvalue weighted by Gasteiger charge is 2.14. The molecule has 0 saturated carbocycles. The molecule has 0 bridgehead atoms. The maximum Gasteiger partial charge on any atom is 0.220 e. The van der Waals surface area contributed by atoms with Gasteiger partial charge >= 0.3 is 0 Å². The van der Waals surface area contributed by atoms with E-state index in [-0.39, 0.29) is 5.91 Å². The number of nitrogens with zero attached hydrogens (tertiary/aromatic N) is 1. The molecule has 6 heteroatoms. The Morgan fingerprint density at radius 2 is 2.00 bits per heavy atom. The fourth-order valence-electron chi connectivity index (χ4n) is 3.06. The van der Waals surface area contributed by atoms with Crippen LogP contribution in [0, 0.1) is 0 Å². The van der Waals surface area contributed by atoms with Gasteiger partial charge in [0.15, 0.2) is 0 Å². The van der Waals surface area contributed by atoms with E-state index < -0.39 is 0 Å². The lowest BCUT2D eigenvalue weighted by molar-refractivity contribution is -0.121. The lowest BCUT2D eigenvalue weighted by Crippen LogP contribution is -2.25. The van der Waals surface area contributed by atoms with Crippen LogP contribution in [-0.4, -0.2) is 17.4 Å². The van der Waals surface area contributed by atoms with Gasteiger partial charge in [-0.1, -0.05) is 29.3 Å². The Balaban J connectivity index is 1.35. The average Bonchev–Trinajstić information content (AvgIpc) is 3.01. The number of hydrogen-bond acceptors (Lipinski definition) is 3. The van der Waals surface area contributed by atoms with Crippen molar-refractivity contribution in [1.29, 1.82) is 0 Å². The van der Waals surface area contributed by atoms with Crippen LogP contribution in [0.4, 0.5) is 0 Å². The number of thiazole rings is 1. The van der Waals surface area contributed by atoms with Crippen LogP contribution >= 0.6 is 34.5 Å². The zero-order valence-electron chi connectivity index (χ0n) is 14.1. The molecule has 0 aliphatic heterocycles. The number of carbonyl (C=O) groups is 1. The molecule has 3 nitrogen and oxygen atoms in total. The van der Waals surface area contributed by atoms with E-state index in [2.05, 4.69) is 5.32 Å². The van der Waals surface area contributed by atoms with E-state index in [9.17, 15) is 4.79 Å². The smallest absolute Gasteiger partial charge is 0.220 e. The lowest BCUT2D eigenvalue weighted by Gasteiger charge is -2.06. The fraction of sp³-hybridized carbons (Fsp3) is 0.474. The molecule has 1 amide bonds. The predicted octanol–water partition coefficient (Wildman–Crippen LogP) is 5.01. The molecular formula is C19H22Cl2N2OS. The molecule has 2 aromatic rings. The molecule has 134 valence electrons. The van der Waals surface area contributed by atoms with Crippen LogP contribution in [0.3, 0.4) is 0 Å². The molecule has 0 atom stereocenters. The van der Waals surface area contributed by atoms with Crippen molar-refractivity contribution >= 4 is 40.4 Å². The normalized spacial score (nSPS) is 13.5. The van der Waals surface area contributed by atoms with Gasteiger partial charge in [-0.05, 0) is 56.2 Å². The topological polar surface area (TPSA) is 42.0 Å². The molecule has 3 rings (SSSR count). The van der Waals surface area contributed by atoms with Crippen molar-refractivity contribution in [3.05, 3.63) is 49.4 Å². The molecule has 0 spiro atoms. The van der Waals surface area contributed by atoms with Crippen LogP contribution in [0.25, 0.3) is 0 Å². The molecule has 1 heterocycles. The summed E-state index contributed by atoms with van der Waals surface area (Å²) < 4.78 is 0. The Bertz CT molecular complexity index is 722. The number of rotatable bonds is 7. The molecule has 1 aromatic carbocycles. The highest BCUT2D eigenvalue weighted by atomic mass is 35.5. The van der Waals surface area contributed by atoms with Gasteiger partial charge in [0.05, 0.1) is 20.7 Å². The predicted molar refractivity (Wildman–Crippen MR) is 105 cm³/mol. The number of nitrogens with one attached hydrogen (secondary N) is 1. The van der Waals surface area contributed by atoms with Crippen LogP contribution in [0.1, 0.15) is 46.8 Å². The summed E-state index contributed by atoms with van der Waals surface area (Å²) >= 11 is 13.7. The van der Waals surface area contributed by atoms with E-state index in [1.807, 2.05) is 23.5 Å². The number of aryl methyl sites for hydroxylation is 3. The Kier molecular flexibility index (Phi) is 6.74. The first-order valence-electron chi connectivity index (χ1n) is 8.80. The molecule has 1 aliphatic carbocycles. The van der Waals surface area contributed by atoms with Gasteiger partial charge < -0.3 is 5.32 Å². The molecule has 0 unspecified atom stereocenters. The minimum absolute atomic E-state index is 0.0985. The Hall–Kier alpha value is -1.10. The highest BCUT2D eigenvalue weighted by molar-refractivity contribution is 7.11. The summed E-state index contributed by atoms with van der Waals surface area (Å²) in [6, 6.07) is 5.62. The van der Waals surface area contributed by atoms with E-state index in [0.29, 0.717) is 23.0 Å². The van der Waals surface area contributed by atoms with Crippen LogP contribution in [0.2, 0.25) is 10.0 Å². The van der Waals surface area contributed by atoms with Crippen molar-refractivity contribution in [2.45, 2.75) is 51.4 Å². The van der Waals surface area contributed by atoms with E-state index in [0.717, 1.165) is 36.3 Å². The first-order valence-corrected chi connectivity index (χ1v) is 10.4. The summed E-state index contributed by atoms with van der Waals surface area (Å²) in [4.78, 5) is 18.1. The van der Waals surface area contributed by atoms with Crippen molar-refractivity contribution in [3.8, 4) is 0 Å². The number of hydrogen-bond donors (Lipinski definition) is 1. The number of carbonyl (C=O) groups excluding carboxylic acids is 1. The monoisotopic (exact) mass is 396 g/mol. The van der Waals surface area contributed by atoms with Crippen LogP contribution in [0.5, 0.6) is 0 Å². The van der Waals surface area contributed by atoms with E-state index in [1.54, 1.807) is 6.07 Å². The highest BCUT2D eigenvalue weighted by Crippen LogP contribution is 2.26. The van der Waals surface area contributed by atoms with Crippen molar-refractivity contribution in [1.82, 2.24) is 10.3 Å². The van der Waals surface area contributed by atoms with E-state index in [1.165, 1.54) is 29.8 Å². The summed E-state index contributed by atoms with van der Waals surface area (Å²) in [7, 11) is 0. The lowest BCUT2D eigenvalue weighted by atomic mass is 10.0. The molecule has 0 saturated heterocycles. The van der Waals surface area contributed by atoms with Crippen molar-refractivity contribution in [2.24, 2.45) is 0 Å². The number of amides is 1. The Morgan fingerprint density at radius 3 is 2.80 bits per heavy atom. The summed E-state index contributed by atoms with van der Waals surface area (Å²) in [5.41, 5.74) is 2.40. The molecule has 25 heavy (non-hydrogen) atoms. The quantitative estimate of drug-likeness (QED) is 0.714. The van der Waals surface area contributed by atoms with Crippen molar-refractivity contribution in [3.63, 3.8) is 0 Å². The number of halogens is 2. The largest absolute Gasteiger partial charge is 0.356 e. The summed E-state index contributed by atoms with van der Waals surface area (Å²) in [6.45, 7) is 0.665. The van der Waals surface area contributed by atoms with E-state index >= 15 is 0 Å². The van der Waals surface area contributed by atoms with Gasteiger partial charge in [0.2, 0.25) is 5.91 Å². The van der Waals surface area contributed by atoms with Gasteiger partial charge in [0, 0.05) is 24.3 Å². The zero-order valence-corrected chi connectivity index (χ0v) is 16.4. The SMILES string of the molecule is O=C(CCCc1ccc(Cl)c(Cl)c1)NCCc1nc2c(s1)CCCC2. The average molecular weight is 397 g/mol. The number of aromatic nitrogens is 1. The van der Waals surface area contributed by atoms with Crippen LogP contribution in [0.15, 0.2) is 18.2 Å². The van der Waals surface area contributed by atoms with E-state index in [4.69, 9.17) is 28.2 Å². The third-order valence-electron chi connectivity index (χ3n) is 4.40. The summed E-state index contributed by atoms with van der Waals surface area (Å²) in [6.07, 6.45) is 7.81. The van der Waals surface area contributed by atoms with Crippen LogP contribution < -0.4 is 5.32 Å². The molecule has 1 N–H and O–H groups in total. The van der Waals surface area contributed by atoms with Gasteiger partial charge in [0.1, 0.15) is 0 Å². The second-order valence-electron chi connectivity index (χ2n) is 6.39. The third kappa shape index (κ3) is 5.44. The minimum Gasteiger partial charge on any atom is -0.356 e. The van der Waals surface area contributed by atoms with Crippen molar-refractivity contribution in [2.75, 3.05) is 6.54 Å². The van der Waals surface area contributed by atoms with Gasteiger partial charge in [-0.2, -0.15) is 0 Å². The van der Waals surface area contributed by atoms with Gasteiger partial charge in [0.25, 0.3) is 0 Å². The zero-order chi connectivity index (χ0) is 17.6. The fourth-order valence-corrected chi connectivity index (χ4v) is 4.53. The van der Waals surface area contributed by atoms with Crippen LogP contribution in [-0.2, 0) is 30.5 Å². The molecule has 1 aliphatic rings. The second-order valence-corrected chi connectivity index (χ2v) is 8.37. The molecule has 1 aromatic heterocycles. The molecule has 0 radical (unpaired) electrons. The molecule has 0 fully saturated rings. The Morgan fingerprint density at radius 1 is 1.16 bits per heavy atom. The van der Waals surface area contributed by atoms with Gasteiger partial charge in [-0.25, -0.2) is 4.98 Å². The molecular weight excluding hydrogens is 375 g/mol. The number of fused-ring (bicyclic) bond motifs is 1. The first-order chi connectivity index (χ1) is 12.1. The second kappa shape index (κ2) is 9.02. The maximum atomic E-state index is 12.0. The van der Waals surface area contributed by atoms with Gasteiger partial charge in [-0.15, -0.1) is 11.3 Å². The summed E-state index contributed by atoms with van der Waals surface area (Å²) in [5.74, 6) is 0.0985.